The van der Waals surface area contributed by atoms with Crippen LogP contribution in [0.25, 0.3) is 11.1 Å². The number of carbonyl (C=O) groups is 1. The number of rotatable bonds is 3. The standard InChI is InChI=1S/C29H27F3N2O3/c30-29(31,32)25-12-13-33-16-26(25)28(36)14-18-6-5-7-19(15-28)34(18)27(35)37-17-24-22-10-3-1-8-20(22)21-9-2-4-11-23(21)24/h1-4,8-13,16,18-19,24,36H,5-7,14-15,17H2. The molecule has 2 aromatic carbocycles. The smallest absolute Gasteiger partial charge is 0.416 e. The van der Waals surface area contributed by atoms with Crippen LogP contribution in [0.1, 0.15) is 60.3 Å². The van der Waals surface area contributed by atoms with E-state index in [1.54, 1.807) is 4.90 Å². The summed E-state index contributed by atoms with van der Waals surface area (Å²) in [5.41, 5.74) is 1.69. The molecule has 37 heavy (non-hydrogen) atoms. The molecule has 8 heteroatoms. The Balaban J connectivity index is 1.22. The zero-order valence-electron chi connectivity index (χ0n) is 20.1. The van der Waals surface area contributed by atoms with Crippen molar-refractivity contribution in [1.82, 2.24) is 9.88 Å². The Morgan fingerprint density at radius 2 is 1.59 bits per heavy atom. The van der Waals surface area contributed by atoms with E-state index >= 15 is 0 Å². The fourth-order valence-corrected chi connectivity index (χ4v) is 6.63. The monoisotopic (exact) mass is 508 g/mol. The van der Waals surface area contributed by atoms with E-state index in [0.29, 0.717) is 12.8 Å². The molecule has 0 spiro atoms. The third-order valence-electron chi connectivity index (χ3n) is 8.18. The van der Waals surface area contributed by atoms with Crippen LogP contribution in [0, 0.1) is 0 Å². The normalized spacial score (nSPS) is 24.9. The topological polar surface area (TPSA) is 62.7 Å². The first-order valence-corrected chi connectivity index (χ1v) is 12.6. The van der Waals surface area contributed by atoms with Crippen molar-refractivity contribution < 1.29 is 27.8 Å². The average molecular weight is 509 g/mol. The van der Waals surface area contributed by atoms with Gasteiger partial charge in [0.2, 0.25) is 0 Å². The number of ether oxygens (including phenoxy) is 1. The van der Waals surface area contributed by atoms with Crippen molar-refractivity contribution in [3.05, 3.63) is 89.2 Å². The number of hydrogen-bond acceptors (Lipinski definition) is 4. The van der Waals surface area contributed by atoms with E-state index in [1.165, 1.54) is 0 Å². The zero-order valence-corrected chi connectivity index (χ0v) is 20.1. The molecule has 3 heterocycles. The minimum atomic E-state index is -4.60. The van der Waals surface area contributed by atoms with Crippen LogP contribution in [-0.4, -0.2) is 39.8 Å². The number of amides is 1. The Bertz CT molecular complexity index is 1280. The van der Waals surface area contributed by atoms with Gasteiger partial charge in [-0.2, -0.15) is 13.2 Å². The average Bonchev–Trinajstić information content (AvgIpc) is 3.20. The summed E-state index contributed by atoms with van der Waals surface area (Å²) in [6, 6.07) is 16.3. The van der Waals surface area contributed by atoms with Gasteiger partial charge < -0.3 is 14.7 Å². The molecule has 192 valence electrons. The van der Waals surface area contributed by atoms with Gasteiger partial charge in [-0.1, -0.05) is 48.5 Å². The first kappa shape index (κ1) is 24.0. The number of aromatic nitrogens is 1. The van der Waals surface area contributed by atoms with Crippen molar-refractivity contribution in [3.8, 4) is 11.1 Å². The van der Waals surface area contributed by atoms with Gasteiger partial charge in [0.25, 0.3) is 0 Å². The maximum absolute atomic E-state index is 13.7. The van der Waals surface area contributed by atoms with Gasteiger partial charge >= 0.3 is 12.3 Å². The molecule has 1 aromatic heterocycles. The van der Waals surface area contributed by atoms with E-state index < -0.39 is 35.5 Å². The highest BCUT2D eigenvalue weighted by Gasteiger charge is 2.51. The van der Waals surface area contributed by atoms with E-state index in [4.69, 9.17) is 4.74 Å². The molecule has 3 aliphatic rings. The third-order valence-corrected chi connectivity index (χ3v) is 8.18. The van der Waals surface area contributed by atoms with Crippen molar-refractivity contribution in [3.63, 3.8) is 0 Å². The maximum Gasteiger partial charge on any atom is 0.416 e. The molecule has 2 saturated heterocycles. The maximum atomic E-state index is 13.7. The summed E-state index contributed by atoms with van der Waals surface area (Å²) in [5.74, 6) is -0.0809. The highest BCUT2D eigenvalue weighted by Crippen LogP contribution is 2.48. The van der Waals surface area contributed by atoms with Crippen LogP contribution in [0.4, 0.5) is 18.0 Å². The minimum absolute atomic E-state index is 0.0163. The summed E-state index contributed by atoms with van der Waals surface area (Å²) >= 11 is 0. The lowest BCUT2D eigenvalue weighted by Gasteiger charge is -2.51. The summed E-state index contributed by atoms with van der Waals surface area (Å²) in [6.45, 7) is 0.174. The molecule has 2 unspecified atom stereocenters. The van der Waals surface area contributed by atoms with Gasteiger partial charge in [0.05, 0.1) is 11.2 Å². The van der Waals surface area contributed by atoms with Gasteiger partial charge in [-0.05, 0) is 47.6 Å². The van der Waals surface area contributed by atoms with E-state index in [-0.39, 0.29) is 30.9 Å². The van der Waals surface area contributed by atoms with E-state index in [2.05, 4.69) is 29.2 Å². The van der Waals surface area contributed by atoms with Crippen molar-refractivity contribution >= 4 is 6.09 Å². The number of aliphatic hydroxyl groups is 1. The van der Waals surface area contributed by atoms with Crippen LogP contribution in [0.15, 0.2) is 67.0 Å². The van der Waals surface area contributed by atoms with Crippen molar-refractivity contribution in [2.75, 3.05) is 6.61 Å². The predicted octanol–water partition coefficient (Wildman–Crippen LogP) is 6.25. The molecule has 2 fully saturated rings. The van der Waals surface area contributed by atoms with Crippen molar-refractivity contribution in [1.29, 1.82) is 0 Å². The molecule has 2 atom stereocenters. The number of nitrogens with zero attached hydrogens (tertiary/aromatic N) is 2. The quantitative estimate of drug-likeness (QED) is 0.454. The minimum Gasteiger partial charge on any atom is -0.448 e. The van der Waals surface area contributed by atoms with Gasteiger partial charge in [0.1, 0.15) is 6.61 Å². The van der Waals surface area contributed by atoms with Crippen LogP contribution in [-0.2, 0) is 16.5 Å². The second-order valence-electron chi connectivity index (χ2n) is 10.3. The molecule has 0 saturated carbocycles. The SMILES string of the molecule is O=C(OCC1c2ccccc2-c2ccccc21)N1C2CCCC1CC(O)(c1cnccc1C(F)(F)F)C2. The number of carbonyl (C=O) groups excluding carboxylic acids is 1. The lowest BCUT2D eigenvalue weighted by atomic mass is 9.72. The number of benzene rings is 2. The molecule has 2 bridgehead atoms. The van der Waals surface area contributed by atoms with Crippen LogP contribution >= 0.6 is 0 Å². The molecule has 1 N–H and O–H groups in total. The van der Waals surface area contributed by atoms with Crippen LogP contribution in [0.5, 0.6) is 0 Å². The Hall–Kier alpha value is -3.39. The molecular formula is C29H27F3N2O3. The molecule has 1 amide bonds. The van der Waals surface area contributed by atoms with E-state index in [0.717, 1.165) is 47.1 Å². The lowest BCUT2D eigenvalue weighted by Crippen LogP contribution is -2.59. The van der Waals surface area contributed by atoms with Crippen LogP contribution in [0.3, 0.4) is 0 Å². The van der Waals surface area contributed by atoms with Gasteiger partial charge in [0.15, 0.2) is 0 Å². The van der Waals surface area contributed by atoms with Gasteiger partial charge in [-0.3, -0.25) is 4.98 Å². The number of piperidine rings is 2. The Kier molecular flexibility index (Phi) is 5.75. The molecule has 1 aliphatic carbocycles. The molecule has 3 aromatic rings. The number of fused-ring (bicyclic) bond motifs is 5. The number of hydrogen-bond donors (Lipinski definition) is 1. The van der Waals surface area contributed by atoms with Crippen molar-refractivity contribution in [2.45, 2.75) is 61.9 Å². The summed E-state index contributed by atoms with van der Waals surface area (Å²) in [6.07, 6.45) is -0.796. The summed E-state index contributed by atoms with van der Waals surface area (Å²) in [7, 11) is 0. The Morgan fingerprint density at radius 3 is 2.19 bits per heavy atom. The number of halogens is 3. The number of pyridine rings is 1. The Morgan fingerprint density at radius 1 is 1.00 bits per heavy atom. The van der Waals surface area contributed by atoms with Gasteiger partial charge in [-0.25, -0.2) is 4.79 Å². The second-order valence-corrected chi connectivity index (χ2v) is 10.3. The zero-order chi connectivity index (χ0) is 25.8. The molecule has 5 nitrogen and oxygen atoms in total. The largest absolute Gasteiger partial charge is 0.448 e. The molecule has 6 rings (SSSR count). The van der Waals surface area contributed by atoms with Crippen LogP contribution < -0.4 is 0 Å². The Labute approximate surface area is 212 Å². The lowest BCUT2D eigenvalue weighted by molar-refractivity contribution is -0.144. The van der Waals surface area contributed by atoms with Gasteiger partial charge in [-0.15, -0.1) is 0 Å². The van der Waals surface area contributed by atoms with Gasteiger partial charge in [0, 0.05) is 48.8 Å². The number of alkyl halides is 3. The molecular weight excluding hydrogens is 481 g/mol. The predicted molar refractivity (Wildman–Crippen MR) is 131 cm³/mol. The van der Waals surface area contributed by atoms with E-state index in [1.807, 2.05) is 24.3 Å². The molecule has 0 radical (unpaired) electrons. The summed E-state index contributed by atoms with van der Waals surface area (Å²) < 4.78 is 47.0. The van der Waals surface area contributed by atoms with Crippen molar-refractivity contribution in [2.24, 2.45) is 0 Å². The first-order chi connectivity index (χ1) is 17.8. The first-order valence-electron chi connectivity index (χ1n) is 12.6. The fourth-order valence-electron chi connectivity index (χ4n) is 6.63. The highest BCUT2D eigenvalue weighted by molar-refractivity contribution is 5.79. The molecule has 2 aliphatic heterocycles. The summed E-state index contributed by atoms with van der Waals surface area (Å²) in [5, 5.41) is 11.5. The fraction of sp³-hybridized carbons (Fsp3) is 0.379. The van der Waals surface area contributed by atoms with Crippen LogP contribution in [0.2, 0.25) is 0 Å². The third kappa shape index (κ3) is 4.07. The van der Waals surface area contributed by atoms with E-state index in [9.17, 15) is 23.1 Å². The summed E-state index contributed by atoms with van der Waals surface area (Å²) in [4.78, 5) is 18.9. The highest BCUT2D eigenvalue weighted by atomic mass is 19.4. The second kappa shape index (κ2) is 8.87.